The quantitative estimate of drug-likeness (QED) is 0.537. The zero-order valence-electron chi connectivity index (χ0n) is 11.3. The van der Waals surface area contributed by atoms with E-state index in [2.05, 4.69) is 0 Å². The first kappa shape index (κ1) is 11.9. The lowest BCUT2D eigenvalue weighted by Gasteiger charge is -2.21. The zero-order valence-corrected chi connectivity index (χ0v) is 11.3. The lowest BCUT2D eigenvalue weighted by atomic mass is 9.83. The molecule has 0 aliphatic heterocycles. The number of ketones is 1. The van der Waals surface area contributed by atoms with Crippen LogP contribution in [0.2, 0.25) is 0 Å². The Morgan fingerprint density at radius 2 is 1.57 bits per heavy atom. The first-order valence-corrected chi connectivity index (χ1v) is 6.60. The molecule has 4 nitrogen and oxygen atoms in total. The molecule has 0 unspecified atom stereocenters. The summed E-state index contributed by atoms with van der Waals surface area (Å²) in [5, 5.41) is 11.0. The minimum atomic E-state index is -0.459. The lowest BCUT2D eigenvalue weighted by molar-refractivity contribution is 0.104. The number of carbonyl (C=O) groups is 1. The van der Waals surface area contributed by atoms with Gasteiger partial charge >= 0.3 is 0 Å². The molecule has 0 spiro atoms. The van der Waals surface area contributed by atoms with Crippen LogP contribution in [0.4, 0.5) is 0 Å². The van der Waals surface area contributed by atoms with Crippen molar-refractivity contribution >= 4 is 16.7 Å². The molecule has 102 valence electrons. The highest BCUT2D eigenvalue weighted by Gasteiger charge is 2.29. The van der Waals surface area contributed by atoms with E-state index in [-0.39, 0.29) is 11.5 Å². The number of aromatic nitrogens is 1. The Labute approximate surface area is 119 Å². The number of aromatic hydroxyl groups is 1. The van der Waals surface area contributed by atoms with Crippen molar-refractivity contribution in [2.75, 3.05) is 0 Å². The molecule has 3 aromatic rings. The Balaban J connectivity index is 2.38. The number of fused-ring (bicyclic) bond motifs is 2. The summed E-state index contributed by atoms with van der Waals surface area (Å²) in [6.45, 7) is 0. The van der Waals surface area contributed by atoms with Crippen LogP contribution in [0.15, 0.2) is 47.3 Å². The number of carbonyl (C=O) groups excluding carboxylic acids is 1. The van der Waals surface area contributed by atoms with Crippen LogP contribution in [-0.4, -0.2) is 15.5 Å². The van der Waals surface area contributed by atoms with Gasteiger partial charge in [0.05, 0.1) is 5.52 Å². The van der Waals surface area contributed by atoms with Crippen molar-refractivity contribution in [3.63, 3.8) is 0 Å². The highest BCUT2D eigenvalue weighted by molar-refractivity contribution is 6.26. The molecular weight excluding hydrogens is 266 g/mol. The van der Waals surface area contributed by atoms with Crippen molar-refractivity contribution in [1.82, 2.24) is 4.57 Å². The van der Waals surface area contributed by atoms with Crippen LogP contribution in [0.3, 0.4) is 0 Å². The molecule has 0 amide bonds. The van der Waals surface area contributed by atoms with E-state index in [0.717, 1.165) is 0 Å². The van der Waals surface area contributed by atoms with Crippen LogP contribution in [0.1, 0.15) is 15.9 Å². The van der Waals surface area contributed by atoms with E-state index < -0.39 is 5.56 Å². The zero-order chi connectivity index (χ0) is 14.7. The van der Waals surface area contributed by atoms with Crippen LogP contribution < -0.4 is 5.56 Å². The van der Waals surface area contributed by atoms with E-state index in [0.29, 0.717) is 33.2 Å². The summed E-state index contributed by atoms with van der Waals surface area (Å²) in [6.07, 6.45) is 0. The van der Waals surface area contributed by atoms with Gasteiger partial charge in [0.1, 0.15) is 0 Å². The van der Waals surface area contributed by atoms with Crippen LogP contribution in [0, 0.1) is 0 Å². The molecule has 1 heterocycles. The van der Waals surface area contributed by atoms with Gasteiger partial charge < -0.3 is 9.67 Å². The smallest absolute Gasteiger partial charge is 0.293 e. The molecule has 0 fully saturated rings. The van der Waals surface area contributed by atoms with Crippen LogP contribution in [-0.2, 0) is 7.05 Å². The minimum absolute atomic E-state index is 0.0817. The van der Waals surface area contributed by atoms with Crippen molar-refractivity contribution < 1.29 is 9.90 Å². The summed E-state index contributed by atoms with van der Waals surface area (Å²) in [7, 11) is 1.59. The standard InChI is InChI=1S/C17H11NO3/c1-18-12-8-4-7-11-13(12)14(16(20)17(18)21)9-5-2-3-6-10(9)15(11)19/h2-8,20H,1H3. The highest BCUT2D eigenvalue weighted by Crippen LogP contribution is 2.42. The summed E-state index contributed by atoms with van der Waals surface area (Å²) in [4.78, 5) is 24.8. The number of benzene rings is 2. The third-order valence-electron chi connectivity index (χ3n) is 4.08. The molecule has 21 heavy (non-hydrogen) atoms. The van der Waals surface area contributed by atoms with Gasteiger partial charge in [-0.2, -0.15) is 0 Å². The van der Waals surface area contributed by atoms with Crippen molar-refractivity contribution in [3.05, 3.63) is 63.9 Å². The molecule has 0 saturated heterocycles. The van der Waals surface area contributed by atoms with E-state index >= 15 is 0 Å². The molecule has 0 saturated carbocycles. The van der Waals surface area contributed by atoms with Crippen LogP contribution in [0.5, 0.6) is 5.75 Å². The average molecular weight is 277 g/mol. The topological polar surface area (TPSA) is 59.3 Å². The summed E-state index contributed by atoms with van der Waals surface area (Å²) >= 11 is 0. The van der Waals surface area contributed by atoms with Gasteiger partial charge in [0.25, 0.3) is 5.56 Å². The maximum Gasteiger partial charge on any atom is 0.293 e. The Morgan fingerprint density at radius 3 is 2.33 bits per heavy atom. The minimum Gasteiger partial charge on any atom is -0.503 e. The molecule has 1 aromatic heterocycles. The number of pyridine rings is 1. The number of hydrogen-bond acceptors (Lipinski definition) is 3. The van der Waals surface area contributed by atoms with Crippen LogP contribution >= 0.6 is 0 Å². The summed E-state index contributed by atoms with van der Waals surface area (Å²) in [5.41, 5.74) is 2.29. The van der Waals surface area contributed by atoms with Crippen molar-refractivity contribution in [2.24, 2.45) is 7.05 Å². The Bertz CT molecular complexity index is 999. The third-order valence-corrected chi connectivity index (χ3v) is 4.08. The van der Waals surface area contributed by atoms with Crippen molar-refractivity contribution in [2.45, 2.75) is 0 Å². The fourth-order valence-corrected chi connectivity index (χ4v) is 3.07. The monoisotopic (exact) mass is 277 g/mol. The second-order valence-electron chi connectivity index (χ2n) is 5.16. The Hall–Kier alpha value is -2.88. The van der Waals surface area contributed by atoms with E-state index in [4.69, 9.17) is 0 Å². The van der Waals surface area contributed by atoms with Gasteiger partial charge in [0.15, 0.2) is 11.5 Å². The Kier molecular flexibility index (Phi) is 2.17. The van der Waals surface area contributed by atoms with Gasteiger partial charge in [-0.05, 0) is 11.6 Å². The molecule has 4 heteroatoms. The molecule has 1 aliphatic rings. The molecular formula is C17H11NO3. The Morgan fingerprint density at radius 1 is 0.905 bits per heavy atom. The highest BCUT2D eigenvalue weighted by atomic mass is 16.3. The SMILES string of the molecule is Cn1c(=O)c(O)c2c3c(cccc31)C(=O)c1ccccc1-2. The second-order valence-corrected chi connectivity index (χ2v) is 5.16. The van der Waals surface area contributed by atoms with E-state index in [1.54, 1.807) is 49.5 Å². The largest absolute Gasteiger partial charge is 0.503 e. The average Bonchev–Trinajstić information content (AvgIpc) is 2.52. The van der Waals surface area contributed by atoms with E-state index in [9.17, 15) is 14.7 Å². The fourth-order valence-electron chi connectivity index (χ4n) is 3.07. The van der Waals surface area contributed by atoms with Gasteiger partial charge in [-0.1, -0.05) is 36.4 Å². The van der Waals surface area contributed by atoms with Crippen LogP contribution in [0.25, 0.3) is 22.0 Å². The van der Waals surface area contributed by atoms with E-state index in [1.165, 1.54) is 4.57 Å². The molecule has 1 aliphatic carbocycles. The normalized spacial score (nSPS) is 12.5. The van der Waals surface area contributed by atoms with Crippen molar-refractivity contribution in [3.8, 4) is 16.9 Å². The van der Waals surface area contributed by atoms with Gasteiger partial charge in [-0.25, -0.2) is 0 Å². The summed E-state index contributed by atoms with van der Waals surface area (Å²) in [5.74, 6) is -0.390. The molecule has 1 N–H and O–H groups in total. The predicted molar refractivity (Wildman–Crippen MR) is 79.7 cm³/mol. The summed E-state index contributed by atoms with van der Waals surface area (Å²) < 4.78 is 1.37. The molecule has 4 rings (SSSR count). The van der Waals surface area contributed by atoms with Gasteiger partial charge in [0.2, 0.25) is 0 Å². The molecule has 0 atom stereocenters. The summed E-state index contributed by atoms with van der Waals surface area (Å²) in [6, 6.07) is 12.3. The molecule has 2 aromatic carbocycles. The maximum absolute atomic E-state index is 12.6. The van der Waals surface area contributed by atoms with Gasteiger partial charge in [-0.3, -0.25) is 9.59 Å². The number of nitrogens with zero attached hydrogens (tertiary/aromatic N) is 1. The third kappa shape index (κ3) is 1.34. The number of rotatable bonds is 0. The fraction of sp³-hybridized carbons (Fsp3) is 0.0588. The first-order valence-electron chi connectivity index (χ1n) is 6.60. The van der Waals surface area contributed by atoms with Crippen molar-refractivity contribution in [1.29, 1.82) is 0 Å². The molecule has 0 bridgehead atoms. The van der Waals surface area contributed by atoms with Gasteiger partial charge in [-0.15, -0.1) is 0 Å². The second kappa shape index (κ2) is 3.82. The lowest BCUT2D eigenvalue weighted by Crippen LogP contribution is -2.21. The number of aryl methyl sites for hydroxylation is 1. The molecule has 0 radical (unpaired) electrons. The van der Waals surface area contributed by atoms with Gasteiger partial charge in [0, 0.05) is 29.1 Å². The maximum atomic E-state index is 12.6. The predicted octanol–water partition coefficient (Wildman–Crippen LogP) is 2.46. The van der Waals surface area contributed by atoms with E-state index in [1.807, 2.05) is 0 Å². The number of hydrogen-bond donors (Lipinski definition) is 1. The first-order chi connectivity index (χ1) is 10.1.